The average Bonchev–Trinajstić information content (AvgIpc) is 3.16. The molecule has 2 aromatic carbocycles. The molecule has 1 saturated heterocycles. The second kappa shape index (κ2) is 9.67. The molecule has 5 nitrogen and oxygen atoms in total. The highest BCUT2D eigenvalue weighted by molar-refractivity contribution is 5.97. The van der Waals surface area contributed by atoms with Crippen LogP contribution in [-0.4, -0.2) is 43.0 Å². The van der Waals surface area contributed by atoms with E-state index < -0.39 is 0 Å². The number of anilines is 1. The smallest absolute Gasteiger partial charge is 0.241 e. The first-order chi connectivity index (χ1) is 16.8. The lowest BCUT2D eigenvalue weighted by Crippen LogP contribution is -2.51. The lowest BCUT2D eigenvalue weighted by atomic mass is 9.93. The van der Waals surface area contributed by atoms with Gasteiger partial charge in [-0.3, -0.25) is 9.69 Å². The Morgan fingerprint density at radius 1 is 1.17 bits per heavy atom. The minimum absolute atomic E-state index is 0.135. The van der Waals surface area contributed by atoms with E-state index in [1.807, 2.05) is 17.0 Å². The van der Waals surface area contributed by atoms with Crippen LogP contribution in [0.5, 0.6) is 0 Å². The van der Waals surface area contributed by atoms with Gasteiger partial charge < -0.3 is 14.8 Å². The van der Waals surface area contributed by atoms with Crippen molar-refractivity contribution >= 4 is 22.5 Å². The Bertz CT molecular complexity index is 1210. The third kappa shape index (κ3) is 4.69. The second-order valence-electron chi connectivity index (χ2n) is 10.5. The summed E-state index contributed by atoms with van der Waals surface area (Å²) in [5.74, 6) is 0.504. The first-order valence-electron chi connectivity index (χ1n) is 12.8. The Balaban J connectivity index is 1.34. The van der Waals surface area contributed by atoms with Crippen LogP contribution < -0.4 is 14.8 Å². The van der Waals surface area contributed by atoms with Gasteiger partial charge in [0.25, 0.3) is 0 Å². The first-order valence-corrected chi connectivity index (χ1v) is 12.8. The highest BCUT2D eigenvalue weighted by Crippen LogP contribution is 2.31. The molecule has 1 unspecified atom stereocenters. The van der Waals surface area contributed by atoms with Crippen molar-refractivity contribution < 1.29 is 13.8 Å². The van der Waals surface area contributed by atoms with E-state index >= 15 is 0 Å². The summed E-state index contributed by atoms with van der Waals surface area (Å²) in [4.78, 5) is 17.3. The van der Waals surface area contributed by atoms with E-state index in [0.29, 0.717) is 25.0 Å². The molecule has 0 radical (unpaired) electrons. The number of piperazine rings is 1. The van der Waals surface area contributed by atoms with E-state index in [4.69, 9.17) is 0 Å². The lowest BCUT2D eigenvalue weighted by molar-refractivity contribution is -0.634. The molecule has 0 spiro atoms. The van der Waals surface area contributed by atoms with Gasteiger partial charge in [-0.15, -0.1) is 0 Å². The van der Waals surface area contributed by atoms with Gasteiger partial charge in [0.2, 0.25) is 5.91 Å². The zero-order chi connectivity index (χ0) is 24.7. The number of halogens is 1. The zero-order valence-corrected chi connectivity index (χ0v) is 21.3. The molecule has 2 aliphatic rings. The molecule has 0 saturated carbocycles. The Kier molecular flexibility index (Phi) is 6.60. The maximum absolute atomic E-state index is 13.2. The number of benzene rings is 2. The van der Waals surface area contributed by atoms with Crippen LogP contribution in [0.2, 0.25) is 0 Å². The number of hydrogen-bond acceptors (Lipinski definition) is 3. The summed E-state index contributed by atoms with van der Waals surface area (Å²) in [6.07, 6.45) is 1.84. The minimum Gasteiger partial charge on any atom is -0.483 e. The molecule has 1 amide bonds. The van der Waals surface area contributed by atoms with Gasteiger partial charge in [0.15, 0.2) is 0 Å². The summed E-state index contributed by atoms with van der Waals surface area (Å²) in [7, 11) is 0. The van der Waals surface area contributed by atoms with Crippen LogP contribution in [0.25, 0.3) is 10.9 Å². The molecular formula is C29H36FN4O-. The summed E-state index contributed by atoms with van der Waals surface area (Å²) < 4.78 is 15.6. The van der Waals surface area contributed by atoms with Gasteiger partial charge >= 0.3 is 0 Å². The Hall–Kier alpha value is -2.83. The normalized spacial score (nSPS) is 19.0. The molecule has 3 heterocycles. The van der Waals surface area contributed by atoms with Crippen LogP contribution in [0.1, 0.15) is 44.5 Å². The van der Waals surface area contributed by atoms with Gasteiger partial charge in [-0.25, -0.2) is 4.39 Å². The Labute approximate surface area is 207 Å². The first kappa shape index (κ1) is 23.9. The van der Waals surface area contributed by atoms with Crippen molar-refractivity contribution in [2.24, 2.45) is 5.92 Å². The van der Waals surface area contributed by atoms with Crippen LogP contribution in [-0.2, 0) is 24.2 Å². The van der Waals surface area contributed by atoms with Gasteiger partial charge in [-0.2, -0.15) is 0 Å². The summed E-state index contributed by atoms with van der Waals surface area (Å²) in [6.45, 7) is 12.5. The molecule has 5 rings (SSSR count). The van der Waals surface area contributed by atoms with E-state index in [2.05, 4.69) is 60.7 Å². The van der Waals surface area contributed by atoms with Crippen molar-refractivity contribution in [1.29, 1.82) is 0 Å². The fourth-order valence-corrected chi connectivity index (χ4v) is 5.60. The van der Waals surface area contributed by atoms with Gasteiger partial charge in [0.1, 0.15) is 5.82 Å². The van der Waals surface area contributed by atoms with Crippen LogP contribution in [0.4, 0.5) is 10.1 Å². The Morgan fingerprint density at radius 2 is 1.94 bits per heavy atom. The molecule has 6 heteroatoms. The molecule has 1 aromatic heterocycles. The summed E-state index contributed by atoms with van der Waals surface area (Å²) >= 11 is 0. The number of nitrogens with zero attached hydrogens (tertiary/aromatic N) is 3. The number of fused-ring (bicyclic) bond motifs is 3. The topological polar surface area (TPSA) is 39.5 Å². The number of aromatic nitrogens is 1. The molecule has 1 N–H and O–H groups in total. The molecule has 2 aliphatic heterocycles. The van der Waals surface area contributed by atoms with Gasteiger partial charge in [-0.05, 0) is 59.8 Å². The predicted molar refractivity (Wildman–Crippen MR) is 138 cm³/mol. The third-order valence-electron chi connectivity index (χ3n) is 7.61. The lowest BCUT2D eigenvalue weighted by Gasteiger charge is -2.35. The summed E-state index contributed by atoms with van der Waals surface area (Å²) in [5, 5.41) is 5.01. The zero-order valence-electron chi connectivity index (χ0n) is 21.3. The standard InChI is InChI=1S/C29H36FN4O/c1-19(2)26-16-28-25(17-31-26)24-10-9-23(15-27(24)34(28)20(3)4)33-14-13-32(18-29(33)35)12-11-21-5-7-22(30)8-6-21/h5-10,15,19,26,31H,11-14,16-18H2,1-4H3/q-1. The largest absolute Gasteiger partial charge is 0.483 e. The molecule has 0 bridgehead atoms. The highest BCUT2D eigenvalue weighted by atomic mass is 19.1. The van der Waals surface area contributed by atoms with Crippen molar-refractivity contribution in [3.8, 4) is 0 Å². The fraction of sp³-hybridized carbons (Fsp3) is 0.448. The molecule has 35 heavy (non-hydrogen) atoms. The predicted octanol–water partition coefficient (Wildman–Crippen LogP) is 3.97. The summed E-state index contributed by atoms with van der Waals surface area (Å²) in [6, 6.07) is 14.9. The van der Waals surface area contributed by atoms with E-state index in [1.165, 1.54) is 40.3 Å². The average molecular weight is 476 g/mol. The SMILES string of the molecule is C[C-](C)[n+]1c2cc(N3CCN(CCc4ccc(F)cc4)CC3=O)ccc2c2[c-]1CC(C(C)C)NC2. The van der Waals surface area contributed by atoms with Crippen LogP contribution >= 0.6 is 0 Å². The summed E-state index contributed by atoms with van der Waals surface area (Å²) in [5.41, 5.74) is 6.07. The van der Waals surface area contributed by atoms with E-state index in [9.17, 15) is 9.18 Å². The maximum atomic E-state index is 13.2. The number of hydrogen-bond donors (Lipinski definition) is 1. The number of carbonyl (C=O) groups is 1. The van der Waals surface area contributed by atoms with E-state index in [0.717, 1.165) is 43.7 Å². The van der Waals surface area contributed by atoms with Gasteiger partial charge in [-0.1, -0.05) is 69.0 Å². The van der Waals surface area contributed by atoms with Crippen molar-refractivity contribution in [2.75, 3.05) is 31.1 Å². The minimum atomic E-state index is -0.214. The van der Waals surface area contributed by atoms with E-state index in [1.54, 1.807) is 0 Å². The number of nitrogens with one attached hydrogen (secondary N) is 1. The Morgan fingerprint density at radius 3 is 2.63 bits per heavy atom. The molecule has 1 fully saturated rings. The van der Waals surface area contributed by atoms with Crippen LogP contribution in [0, 0.1) is 17.8 Å². The maximum Gasteiger partial charge on any atom is 0.241 e. The van der Waals surface area contributed by atoms with Crippen molar-refractivity contribution in [1.82, 2.24) is 10.2 Å². The monoisotopic (exact) mass is 475 g/mol. The van der Waals surface area contributed by atoms with Crippen LogP contribution in [0.15, 0.2) is 42.5 Å². The molecular weight excluding hydrogens is 439 g/mol. The van der Waals surface area contributed by atoms with Crippen molar-refractivity contribution in [3.05, 3.63) is 71.1 Å². The van der Waals surface area contributed by atoms with Crippen molar-refractivity contribution in [2.45, 2.75) is 53.1 Å². The van der Waals surface area contributed by atoms with Crippen LogP contribution in [0.3, 0.4) is 0 Å². The van der Waals surface area contributed by atoms with Crippen molar-refractivity contribution in [3.63, 3.8) is 0 Å². The van der Waals surface area contributed by atoms with Gasteiger partial charge in [0.05, 0.1) is 6.54 Å². The molecule has 3 aromatic rings. The number of rotatable bonds is 6. The molecule has 1 atom stereocenters. The number of amides is 1. The molecule has 186 valence electrons. The molecule has 0 aliphatic carbocycles. The quantitative estimate of drug-likeness (QED) is 0.433. The van der Waals surface area contributed by atoms with E-state index in [-0.39, 0.29) is 11.7 Å². The number of carbonyl (C=O) groups excluding carboxylic acids is 1. The van der Waals surface area contributed by atoms with Gasteiger partial charge in [0, 0.05) is 31.9 Å². The second-order valence-corrected chi connectivity index (χ2v) is 10.5. The highest BCUT2D eigenvalue weighted by Gasteiger charge is 2.26. The fourth-order valence-electron chi connectivity index (χ4n) is 5.60. The third-order valence-corrected chi connectivity index (χ3v) is 7.61.